The Kier molecular flexibility index (Phi) is 3.05. The van der Waals surface area contributed by atoms with E-state index in [4.69, 9.17) is 0 Å². The van der Waals surface area contributed by atoms with Crippen LogP contribution in [0.25, 0.3) is 0 Å². The molecule has 1 aliphatic rings. The highest BCUT2D eigenvalue weighted by Gasteiger charge is 2.07. The van der Waals surface area contributed by atoms with Crippen LogP contribution in [0.3, 0.4) is 0 Å². The predicted molar refractivity (Wildman–Crippen MR) is 40.5 cm³/mol. The molecule has 54 valence electrons. The van der Waals surface area contributed by atoms with Crippen LogP contribution in [0.2, 0.25) is 0 Å². The van der Waals surface area contributed by atoms with Crippen LogP contribution in [0.15, 0.2) is 0 Å². The molecule has 0 unspecified atom stereocenters. The zero-order valence-electron chi connectivity index (χ0n) is 6.32. The van der Waals surface area contributed by atoms with Crippen LogP contribution in [-0.4, -0.2) is 12.6 Å². The molecule has 0 saturated carbocycles. The first-order chi connectivity index (χ1) is 4.43. The lowest BCUT2D eigenvalue weighted by atomic mass is 10.1. The van der Waals surface area contributed by atoms with Crippen molar-refractivity contribution in [1.82, 2.24) is 5.32 Å². The Morgan fingerprint density at radius 1 is 1.33 bits per heavy atom. The molecule has 1 nitrogen and oxygen atoms in total. The minimum atomic E-state index is 0.826. The summed E-state index contributed by atoms with van der Waals surface area (Å²) in [5.74, 6) is 0. The van der Waals surface area contributed by atoms with E-state index >= 15 is 0 Å². The molecule has 1 heterocycles. The molecule has 1 N–H and O–H groups in total. The smallest absolute Gasteiger partial charge is 0.00644 e. The van der Waals surface area contributed by atoms with Crippen LogP contribution in [0.5, 0.6) is 0 Å². The SMILES string of the molecule is CC[C@H]1CCCCCN1. The van der Waals surface area contributed by atoms with E-state index in [-0.39, 0.29) is 0 Å². The Morgan fingerprint density at radius 2 is 2.22 bits per heavy atom. The summed E-state index contributed by atoms with van der Waals surface area (Å²) in [6.45, 7) is 3.52. The topological polar surface area (TPSA) is 12.0 Å². The summed E-state index contributed by atoms with van der Waals surface area (Å²) < 4.78 is 0. The molecule has 1 aliphatic heterocycles. The third kappa shape index (κ3) is 2.35. The molecule has 0 amide bonds. The zero-order chi connectivity index (χ0) is 6.53. The summed E-state index contributed by atoms with van der Waals surface area (Å²) in [5.41, 5.74) is 0. The molecule has 1 saturated heterocycles. The van der Waals surface area contributed by atoms with E-state index < -0.39 is 0 Å². The van der Waals surface area contributed by atoms with Gasteiger partial charge in [-0.1, -0.05) is 19.8 Å². The number of nitrogens with one attached hydrogen (secondary N) is 1. The first-order valence-electron chi connectivity index (χ1n) is 4.17. The van der Waals surface area contributed by atoms with Gasteiger partial charge in [0.2, 0.25) is 0 Å². The molecule has 0 bridgehead atoms. The summed E-state index contributed by atoms with van der Waals surface area (Å²) in [5, 5.41) is 3.53. The third-order valence-electron chi connectivity index (χ3n) is 2.16. The van der Waals surface area contributed by atoms with Gasteiger partial charge in [0, 0.05) is 6.04 Å². The molecule has 1 fully saturated rings. The van der Waals surface area contributed by atoms with Crippen LogP contribution in [-0.2, 0) is 0 Å². The highest BCUT2D eigenvalue weighted by Crippen LogP contribution is 2.09. The van der Waals surface area contributed by atoms with Crippen molar-refractivity contribution in [2.24, 2.45) is 0 Å². The highest BCUT2D eigenvalue weighted by atomic mass is 14.9. The van der Waals surface area contributed by atoms with E-state index in [2.05, 4.69) is 12.2 Å². The van der Waals surface area contributed by atoms with E-state index in [1.54, 1.807) is 0 Å². The van der Waals surface area contributed by atoms with Gasteiger partial charge in [0.15, 0.2) is 0 Å². The Morgan fingerprint density at radius 3 is 3.00 bits per heavy atom. The van der Waals surface area contributed by atoms with E-state index in [1.807, 2.05) is 0 Å². The standard InChI is InChI=1S/C8H17N/c1-2-8-6-4-3-5-7-9-8/h8-9H,2-7H2,1H3/t8-/m0/s1. The molecule has 0 spiro atoms. The maximum Gasteiger partial charge on any atom is 0.00644 e. The van der Waals surface area contributed by atoms with Crippen molar-refractivity contribution in [3.8, 4) is 0 Å². The van der Waals surface area contributed by atoms with Gasteiger partial charge in [-0.2, -0.15) is 0 Å². The van der Waals surface area contributed by atoms with Crippen LogP contribution in [0.4, 0.5) is 0 Å². The Balaban J connectivity index is 2.18. The molecule has 1 atom stereocenters. The van der Waals surface area contributed by atoms with Crippen LogP contribution in [0, 0.1) is 0 Å². The Bertz CT molecular complexity index is 63.0. The summed E-state index contributed by atoms with van der Waals surface area (Å²) in [6, 6.07) is 0.826. The lowest BCUT2D eigenvalue weighted by molar-refractivity contribution is 0.497. The number of hydrogen-bond donors (Lipinski definition) is 1. The van der Waals surface area contributed by atoms with Gasteiger partial charge in [0.05, 0.1) is 0 Å². The van der Waals surface area contributed by atoms with E-state index in [0.717, 1.165) is 6.04 Å². The molecule has 1 heteroatoms. The van der Waals surface area contributed by atoms with Gasteiger partial charge in [-0.3, -0.25) is 0 Å². The number of rotatable bonds is 1. The van der Waals surface area contributed by atoms with Crippen molar-refractivity contribution in [3.05, 3.63) is 0 Å². The lowest BCUT2D eigenvalue weighted by Crippen LogP contribution is -2.26. The van der Waals surface area contributed by atoms with E-state index in [9.17, 15) is 0 Å². The third-order valence-corrected chi connectivity index (χ3v) is 2.16. The Hall–Kier alpha value is -0.0400. The van der Waals surface area contributed by atoms with Crippen molar-refractivity contribution in [1.29, 1.82) is 0 Å². The van der Waals surface area contributed by atoms with Crippen LogP contribution >= 0.6 is 0 Å². The largest absolute Gasteiger partial charge is 0.314 e. The van der Waals surface area contributed by atoms with Gasteiger partial charge >= 0.3 is 0 Å². The maximum atomic E-state index is 3.53. The summed E-state index contributed by atoms with van der Waals surface area (Å²) in [4.78, 5) is 0. The van der Waals surface area contributed by atoms with E-state index in [0.29, 0.717) is 0 Å². The minimum Gasteiger partial charge on any atom is -0.314 e. The first kappa shape index (κ1) is 7.07. The van der Waals surface area contributed by atoms with Gasteiger partial charge in [-0.05, 0) is 25.8 Å². The van der Waals surface area contributed by atoms with Gasteiger partial charge in [-0.25, -0.2) is 0 Å². The normalized spacial score (nSPS) is 29.7. The molecule has 0 radical (unpaired) electrons. The van der Waals surface area contributed by atoms with Crippen LogP contribution in [0.1, 0.15) is 39.0 Å². The minimum absolute atomic E-state index is 0.826. The molecule has 0 aromatic rings. The summed E-state index contributed by atoms with van der Waals surface area (Å²) >= 11 is 0. The van der Waals surface area contributed by atoms with Gasteiger partial charge in [0.1, 0.15) is 0 Å². The highest BCUT2D eigenvalue weighted by molar-refractivity contribution is 4.68. The molecular weight excluding hydrogens is 110 g/mol. The quantitative estimate of drug-likeness (QED) is 0.567. The molecular formula is C8H17N. The fraction of sp³-hybridized carbons (Fsp3) is 1.00. The molecule has 0 aromatic heterocycles. The van der Waals surface area contributed by atoms with Gasteiger partial charge in [-0.15, -0.1) is 0 Å². The zero-order valence-corrected chi connectivity index (χ0v) is 6.32. The van der Waals surface area contributed by atoms with Gasteiger partial charge < -0.3 is 5.32 Å². The average Bonchev–Trinajstić information content (AvgIpc) is 2.13. The van der Waals surface area contributed by atoms with Crippen molar-refractivity contribution in [2.45, 2.75) is 45.1 Å². The van der Waals surface area contributed by atoms with Crippen molar-refractivity contribution in [3.63, 3.8) is 0 Å². The maximum absolute atomic E-state index is 3.53. The van der Waals surface area contributed by atoms with Crippen molar-refractivity contribution >= 4 is 0 Å². The summed E-state index contributed by atoms with van der Waals surface area (Å²) in [6.07, 6.45) is 6.96. The molecule has 0 aliphatic carbocycles. The second-order valence-electron chi connectivity index (χ2n) is 2.91. The van der Waals surface area contributed by atoms with Crippen molar-refractivity contribution < 1.29 is 0 Å². The van der Waals surface area contributed by atoms with Crippen molar-refractivity contribution in [2.75, 3.05) is 6.54 Å². The second-order valence-corrected chi connectivity index (χ2v) is 2.91. The average molecular weight is 127 g/mol. The fourth-order valence-electron chi connectivity index (χ4n) is 1.45. The monoisotopic (exact) mass is 127 g/mol. The first-order valence-corrected chi connectivity index (χ1v) is 4.17. The Labute approximate surface area is 57.8 Å². The predicted octanol–water partition coefficient (Wildman–Crippen LogP) is 1.93. The van der Waals surface area contributed by atoms with Crippen LogP contribution < -0.4 is 5.32 Å². The molecule has 0 aromatic carbocycles. The number of hydrogen-bond acceptors (Lipinski definition) is 1. The molecule has 1 rings (SSSR count). The van der Waals surface area contributed by atoms with Gasteiger partial charge in [0.25, 0.3) is 0 Å². The second kappa shape index (κ2) is 3.89. The lowest BCUT2D eigenvalue weighted by Gasteiger charge is -2.11. The van der Waals surface area contributed by atoms with E-state index in [1.165, 1.54) is 38.6 Å². The fourth-order valence-corrected chi connectivity index (χ4v) is 1.45. The molecule has 9 heavy (non-hydrogen) atoms. The summed E-state index contributed by atoms with van der Waals surface area (Å²) in [7, 11) is 0.